The molecule has 6 heteroatoms. The smallest absolute Gasteiger partial charge is 0.199 e. The zero-order valence-corrected chi connectivity index (χ0v) is 11.1. The quantitative estimate of drug-likeness (QED) is 0.693. The molecule has 18 heavy (non-hydrogen) atoms. The Morgan fingerprint density at radius 3 is 2.89 bits per heavy atom. The number of aryl methyl sites for hydroxylation is 1. The highest BCUT2D eigenvalue weighted by Gasteiger charge is 2.10. The molecule has 0 amide bonds. The topological polar surface area (TPSA) is 46.5 Å². The number of benzene rings is 1. The lowest BCUT2D eigenvalue weighted by Gasteiger charge is -2.08. The minimum Gasteiger partial charge on any atom is -0.270 e. The Hall–Kier alpha value is -1.72. The molecule has 0 bridgehead atoms. The zero-order valence-electron chi connectivity index (χ0n) is 9.51. The number of aromatic nitrogens is 4. The van der Waals surface area contributed by atoms with Gasteiger partial charge in [-0.2, -0.15) is 5.10 Å². The second-order valence-electron chi connectivity index (χ2n) is 3.88. The molecule has 0 saturated heterocycles. The van der Waals surface area contributed by atoms with Crippen LogP contribution in [0.5, 0.6) is 0 Å². The van der Waals surface area contributed by atoms with Crippen LogP contribution >= 0.6 is 23.8 Å². The van der Waals surface area contributed by atoms with Crippen molar-refractivity contribution in [2.75, 3.05) is 0 Å². The van der Waals surface area contributed by atoms with E-state index in [-0.39, 0.29) is 0 Å². The minimum atomic E-state index is 0.543. The van der Waals surface area contributed by atoms with Crippen LogP contribution in [0.25, 0.3) is 16.6 Å². The summed E-state index contributed by atoms with van der Waals surface area (Å²) < 4.78 is 2.39. The maximum atomic E-state index is 6.17. The van der Waals surface area contributed by atoms with Crippen LogP contribution in [0.3, 0.4) is 0 Å². The van der Waals surface area contributed by atoms with Gasteiger partial charge in [-0.3, -0.25) is 14.6 Å². The van der Waals surface area contributed by atoms with E-state index in [1.807, 2.05) is 35.8 Å². The van der Waals surface area contributed by atoms with E-state index in [0.717, 1.165) is 22.4 Å². The van der Waals surface area contributed by atoms with Crippen molar-refractivity contribution in [3.8, 4) is 5.69 Å². The summed E-state index contributed by atoms with van der Waals surface area (Å²) in [7, 11) is 0. The highest BCUT2D eigenvalue weighted by atomic mass is 35.5. The Morgan fingerprint density at radius 2 is 2.17 bits per heavy atom. The van der Waals surface area contributed by atoms with Gasteiger partial charge in [0, 0.05) is 11.6 Å². The molecular weight excluding hydrogens is 268 g/mol. The molecule has 2 heterocycles. The molecule has 90 valence electrons. The SMILES string of the molecule is Cc1n[nH]c(=S)n1-c1ccc(Cl)c2cccnc12. The van der Waals surface area contributed by atoms with Crippen molar-refractivity contribution >= 4 is 34.7 Å². The highest BCUT2D eigenvalue weighted by Crippen LogP contribution is 2.27. The summed E-state index contributed by atoms with van der Waals surface area (Å²) in [5, 5.41) is 8.45. The van der Waals surface area contributed by atoms with Gasteiger partial charge in [-0.15, -0.1) is 0 Å². The van der Waals surface area contributed by atoms with Gasteiger partial charge in [-0.25, -0.2) is 0 Å². The number of H-pyrrole nitrogens is 1. The van der Waals surface area contributed by atoms with E-state index in [2.05, 4.69) is 15.2 Å². The Balaban J connectivity index is 2.45. The van der Waals surface area contributed by atoms with Gasteiger partial charge in [0.1, 0.15) is 5.82 Å². The van der Waals surface area contributed by atoms with Crippen LogP contribution in [-0.4, -0.2) is 19.7 Å². The summed E-state index contributed by atoms with van der Waals surface area (Å²) in [6.45, 7) is 1.88. The van der Waals surface area contributed by atoms with Crippen LogP contribution in [0.2, 0.25) is 5.02 Å². The molecule has 1 N–H and O–H groups in total. The molecule has 3 rings (SSSR count). The van der Waals surface area contributed by atoms with Crippen LogP contribution in [-0.2, 0) is 0 Å². The number of rotatable bonds is 1. The first-order valence-corrected chi connectivity index (χ1v) is 6.15. The van der Waals surface area contributed by atoms with Crippen molar-refractivity contribution in [3.63, 3.8) is 0 Å². The summed E-state index contributed by atoms with van der Waals surface area (Å²) in [6, 6.07) is 7.54. The van der Waals surface area contributed by atoms with Crippen LogP contribution in [0, 0.1) is 11.7 Å². The monoisotopic (exact) mass is 276 g/mol. The van der Waals surface area contributed by atoms with E-state index in [1.165, 1.54) is 0 Å². The molecule has 0 saturated carbocycles. The second-order valence-corrected chi connectivity index (χ2v) is 4.67. The number of hydrogen-bond donors (Lipinski definition) is 1. The van der Waals surface area contributed by atoms with Crippen LogP contribution < -0.4 is 0 Å². The van der Waals surface area contributed by atoms with Crippen molar-refractivity contribution < 1.29 is 0 Å². The van der Waals surface area contributed by atoms with E-state index in [0.29, 0.717) is 9.79 Å². The minimum absolute atomic E-state index is 0.543. The van der Waals surface area contributed by atoms with Crippen molar-refractivity contribution in [1.82, 2.24) is 19.7 Å². The summed E-state index contributed by atoms with van der Waals surface area (Å²) in [4.78, 5) is 4.39. The lowest BCUT2D eigenvalue weighted by molar-refractivity contribution is 0.967. The number of hydrogen-bond acceptors (Lipinski definition) is 3. The summed E-state index contributed by atoms with van der Waals surface area (Å²) in [5.41, 5.74) is 1.69. The number of pyridine rings is 1. The lowest BCUT2D eigenvalue weighted by Crippen LogP contribution is -1.99. The molecule has 0 fully saturated rings. The third-order valence-corrected chi connectivity index (χ3v) is 3.38. The summed E-state index contributed by atoms with van der Waals surface area (Å²) >= 11 is 11.4. The normalized spacial score (nSPS) is 11.0. The van der Waals surface area contributed by atoms with Gasteiger partial charge >= 0.3 is 0 Å². The first-order chi connectivity index (χ1) is 8.68. The fourth-order valence-corrected chi connectivity index (χ4v) is 2.45. The Bertz CT molecular complexity index is 790. The standard InChI is InChI=1S/C12H9ClN4S/c1-7-15-16-12(18)17(7)10-5-4-9(13)8-3-2-6-14-11(8)10/h2-6H,1H3,(H,16,18). The van der Waals surface area contributed by atoms with E-state index >= 15 is 0 Å². The number of nitrogens with zero attached hydrogens (tertiary/aromatic N) is 3. The third kappa shape index (κ3) is 1.63. The number of fused-ring (bicyclic) bond motifs is 1. The van der Waals surface area contributed by atoms with E-state index in [4.69, 9.17) is 23.8 Å². The zero-order chi connectivity index (χ0) is 12.7. The van der Waals surface area contributed by atoms with Crippen molar-refractivity contribution in [3.05, 3.63) is 46.1 Å². The largest absolute Gasteiger partial charge is 0.270 e. The molecule has 0 aliphatic heterocycles. The third-order valence-electron chi connectivity index (χ3n) is 2.78. The van der Waals surface area contributed by atoms with Gasteiger partial charge < -0.3 is 0 Å². The Labute approximate surface area is 113 Å². The van der Waals surface area contributed by atoms with Crippen LogP contribution in [0.1, 0.15) is 5.82 Å². The van der Waals surface area contributed by atoms with Gasteiger partial charge in [0.25, 0.3) is 0 Å². The van der Waals surface area contributed by atoms with Crippen molar-refractivity contribution in [1.29, 1.82) is 0 Å². The fourth-order valence-electron chi connectivity index (χ4n) is 1.96. The average molecular weight is 277 g/mol. The molecule has 0 aliphatic carbocycles. The lowest BCUT2D eigenvalue weighted by atomic mass is 10.2. The predicted octanol–water partition coefficient (Wildman–Crippen LogP) is 3.44. The van der Waals surface area contributed by atoms with Crippen LogP contribution in [0.4, 0.5) is 0 Å². The van der Waals surface area contributed by atoms with Gasteiger partial charge in [-0.05, 0) is 43.4 Å². The van der Waals surface area contributed by atoms with Gasteiger partial charge in [0.15, 0.2) is 4.77 Å². The molecule has 4 nitrogen and oxygen atoms in total. The van der Waals surface area contributed by atoms with Crippen LogP contribution in [0.15, 0.2) is 30.5 Å². The van der Waals surface area contributed by atoms with Gasteiger partial charge in [0.05, 0.1) is 16.2 Å². The molecule has 3 aromatic rings. The molecule has 0 spiro atoms. The van der Waals surface area contributed by atoms with Gasteiger partial charge in [0.2, 0.25) is 0 Å². The van der Waals surface area contributed by atoms with Crippen molar-refractivity contribution in [2.24, 2.45) is 0 Å². The fraction of sp³-hybridized carbons (Fsp3) is 0.0833. The van der Waals surface area contributed by atoms with E-state index in [1.54, 1.807) is 6.20 Å². The highest BCUT2D eigenvalue weighted by molar-refractivity contribution is 7.71. The summed E-state index contributed by atoms with van der Waals surface area (Å²) in [6.07, 6.45) is 1.74. The molecule has 2 aromatic heterocycles. The molecule has 1 aromatic carbocycles. The molecule has 0 aliphatic rings. The van der Waals surface area contributed by atoms with E-state index < -0.39 is 0 Å². The Kier molecular flexibility index (Phi) is 2.65. The first kappa shape index (κ1) is 11.4. The van der Waals surface area contributed by atoms with Gasteiger partial charge in [-0.1, -0.05) is 11.6 Å². The number of nitrogens with one attached hydrogen (secondary N) is 1. The maximum Gasteiger partial charge on any atom is 0.199 e. The predicted molar refractivity (Wildman–Crippen MR) is 73.8 cm³/mol. The second kappa shape index (κ2) is 4.19. The molecule has 0 atom stereocenters. The van der Waals surface area contributed by atoms with Crippen molar-refractivity contribution in [2.45, 2.75) is 6.92 Å². The molecular formula is C12H9ClN4S. The number of aromatic amines is 1. The summed E-state index contributed by atoms with van der Waals surface area (Å²) in [5.74, 6) is 0.786. The number of halogens is 1. The molecule has 0 unspecified atom stereocenters. The Morgan fingerprint density at radius 1 is 1.33 bits per heavy atom. The molecule has 0 radical (unpaired) electrons. The average Bonchev–Trinajstić information content (AvgIpc) is 2.71. The van der Waals surface area contributed by atoms with E-state index in [9.17, 15) is 0 Å². The first-order valence-electron chi connectivity index (χ1n) is 5.36. The maximum absolute atomic E-state index is 6.17.